The molecule has 22 heavy (non-hydrogen) atoms. The normalized spacial score (nSPS) is 16.6. The maximum atomic E-state index is 12.3. The lowest BCUT2D eigenvalue weighted by atomic mass is 10.2. The smallest absolute Gasteiger partial charge is 0.303 e. The molecule has 1 aromatic carbocycles. The molecule has 8 heteroatoms. The largest absolute Gasteiger partial charge is 0.481 e. The molecule has 1 N–H and O–H groups in total. The summed E-state index contributed by atoms with van der Waals surface area (Å²) in [5, 5.41) is 9.49. The zero-order chi connectivity index (χ0) is 16.3. The van der Waals surface area contributed by atoms with Crippen LogP contribution in [0.5, 0.6) is 0 Å². The van der Waals surface area contributed by atoms with E-state index in [9.17, 15) is 9.59 Å². The summed E-state index contributed by atoms with van der Waals surface area (Å²) in [6.07, 6.45) is 2.06. The first-order chi connectivity index (χ1) is 10.4. The number of halogens is 2. The first-order valence-corrected chi connectivity index (χ1v) is 8.29. The van der Waals surface area contributed by atoms with Crippen LogP contribution in [0.1, 0.15) is 18.4 Å². The second kappa shape index (κ2) is 7.46. The van der Waals surface area contributed by atoms with Gasteiger partial charge in [-0.1, -0.05) is 53.2 Å². The molecule has 1 amide bonds. The minimum Gasteiger partial charge on any atom is -0.481 e. The number of carbonyl (C=O) groups excluding carboxylic acids is 1. The van der Waals surface area contributed by atoms with Crippen LogP contribution in [-0.2, 0) is 9.59 Å². The highest BCUT2D eigenvalue weighted by molar-refractivity contribution is 8.26. The number of nitrogens with zero attached hydrogens (tertiary/aromatic N) is 1. The lowest BCUT2D eigenvalue weighted by Gasteiger charge is -2.13. The Morgan fingerprint density at radius 2 is 2.09 bits per heavy atom. The summed E-state index contributed by atoms with van der Waals surface area (Å²) in [6.45, 7) is 0.301. The molecule has 0 bridgehead atoms. The van der Waals surface area contributed by atoms with Gasteiger partial charge in [-0.25, -0.2) is 0 Å². The molecule has 1 aromatic rings. The van der Waals surface area contributed by atoms with Crippen molar-refractivity contribution in [3.63, 3.8) is 0 Å². The van der Waals surface area contributed by atoms with Crippen molar-refractivity contribution in [2.24, 2.45) is 0 Å². The highest BCUT2D eigenvalue weighted by Crippen LogP contribution is 2.33. The molecule has 0 aliphatic carbocycles. The van der Waals surface area contributed by atoms with Gasteiger partial charge in [0.2, 0.25) is 0 Å². The van der Waals surface area contributed by atoms with Crippen LogP contribution < -0.4 is 0 Å². The van der Waals surface area contributed by atoms with Gasteiger partial charge in [0.25, 0.3) is 5.91 Å². The van der Waals surface area contributed by atoms with Gasteiger partial charge in [-0.05, 0) is 30.2 Å². The number of carbonyl (C=O) groups is 2. The van der Waals surface area contributed by atoms with Crippen molar-refractivity contribution >= 4 is 69.5 Å². The van der Waals surface area contributed by atoms with E-state index in [1.54, 1.807) is 24.3 Å². The summed E-state index contributed by atoms with van der Waals surface area (Å²) in [4.78, 5) is 24.7. The fourth-order valence-electron chi connectivity index (χ4n) is 1.83. The number of carboxylic acid groups (broad SMARTS) is 1. The van der Waals surface area contributed by atoms with Gasteiger partial charge >= 0.3 is 5.97 Å². The molecule has 1 heterocycles. The van der Waals surface area contributed by atoms with Crippen molar-refractivity contribution in [1.82, 2.24) is 4.90 Å². The average Bonchev–Trinajstić information content (AvgIpc) is 2.70. The first-order valence-electron chi connectivity index (χ1n) is 6.30. The molecule has 0 aromatic heterocycles. The maximum absolute atomic E-state index is 12.3. The summed E-state index contributed by atoms with van der Waals surface area (Å²) in [7, 11) is 0. The number of thioether (sulfide) groups is 1. The van der Waals surface area contributed by atoms with Crippen molar-refractivity contribution in [3.05, 3.63) is 38.7 Å². The zero-order valence-corrected chi connectivity index (χ0v) is 14.4. The fraction of sp³-hybridized carbons (Fsp3) is 0.214. The molecular formula is C14H11Cl2NO3S2. The fourth-order valence-corrected chi connectivity index (χ4v) is 3.45. The number of benzene rings is 1. The van der Waals surface area contributed by atoms with E-state index in [0.29, 0.717) is 32.2 Å². The third-order valence-electron chi connectivity index (χ3n) is 2.89. The first kappa shape index (κ1) is 17.3. The number of thiocarbonyl (C=S) groups is 1. The van der Waals surface area contributed by atoms with E-state index in [1.165, 1.54) is 16.7 Å². The third kappa shape index (κ3) is 4.23. The molecule has 0 radical (unpaired) electrons. The van der Waals surface area contributed by atoms with Gasteiger partial charge in [0.1, 0.15) is 4.32 Å². The van der Waals surface area contributed by atoms with Gasteiger partial charge in [-0.3, -0.25) is 14.5 Å². The number of hydrogen-bond acceptors (Lipinski definition) is 4. The van der Waals surface area contributed by atoms with Crippen LogP contribution in [0.4, 0.5) is 0 Å². The molecule has 0 spiro atoms. The quantitative estimate of drug-likeness (QED) is 0.621. The Kier molecular flexibility index (Phi) is 5.86. The molecule has 1 saturated heterocycles. The predicted molar refractivity (Wildman–Crippen MR) is 93.2 cm³/mol. The molecule has 0 saturated carbocycles. The van der Waals surface area contributed by atoms with E-state index in [0.717, 1.165) is 5.56 Å². The van der Waals surface area contributed by atoms with E-state index >= 15 is 0 Å². The highest BCUT2D eigenvalue weighted by Gasteiger charge is 2.31. The summed E-state index contributed by atoms with van der Waals surface area (Å²) in [6, 6.07) is 5.08. The summed E-state index contributed by atoms with van der Waals surface area (Å²) < 4.78 is 0.432. The molecular weight excluding hydrogens is 365 g/mol. The summed E-state index contributed by atoms with van der Waals surface area (Å²) >= 11 is 18.2. The molecule has 4 nitrogen and oxygen atoms in total. The van der Waals surface area contributed by atoms with Crippen molar-refractivity contribution < 1.29 is 14.7 Å². The van der Waals surface area contributed by atoms with E-state index in [4.69, 9.17) is 40.5 Å². The number of carboxylic acids is 1. The highest BCUT2D eigenvalue weighted by atomic mass is 35.5. The van der Waals surface area contributed by atoms with Gasteiger partial charge in [0.15, 0.2) is 0 Å². The number of amides is 1. The SMILES string of the molecule is O=C(O)CCCN1C(=O)/C(=C\c2ccc(Cl)c(Cl)c2)SC1=S. The lowest BCUT2D eigenvalue weighted by molar-refractivity contribution is -0.137. The second-order valence-electron chi connectivity index (χ2n) is 4.50. The Labute approximate surface area is 147 Å². The number of hydrogen-bond donors (Lipinski definition) is 1. The van der Waals surface area contributed by atoms with E-state index in [-0.39, 0.29) is 12.3 Å². The minimum absolute atomic E-state index is 0.00288. The monoisotopic (exact) mass is 375 g/mol. The van der Waals surface area contributed by atoms with Gasteiger partial charge in [-0.15, -0.1) is 0 Å². The standard InChI is InChI=1S/C14H11Cl2NO3S2/c15-9-4-3-8(6-10(9)16)7-11-13(20)17(14(21)22-11)5-1-2-12(18)19/h3-4,6-7H,1-2,5H2,(H,18,19)/b11-7+. The van der Waals surface area contributed by atoms with Crippen molar-refractivity contribution in [2.75, 3.05) is 6.54 Å². The Morgan fingerprint density at radius 3 is 2.73 bits per heavy atom. The molecule has 1 aliphatic rings. The van der Waals surface area contributed by atoms with Crippen LogP contribution in [0.3, 0.4) is 0 Å². The summed E-state index contributed by atoms with van der Waals surface area (Å²) in [5.41, 5.74) is 0.750. The molecule has 1 fully saturated rings. The minimum atomic E-state index is -0.892. The van der Waals surface area contributed by atoms with E-state index in [2.05, 4.69) is 0 Å². The van der Waals surface area contributed by atoms with Gasteiger partial charge in [-0.2, -0.15) is 0 Å². The van der Waals surface area contributed by atoms with Crippen molar-refractivity contribution in [3.8, 4) is 0 Å². The van der Waals surface area contributed by atoms with Crippen LogP contribution in [0.15, 0.2) is 23.1 Å². The Balaban J connectivity index is 2.11. The van der Waals surface area contributed by atoms with Crippen LogP contribution >= 0.6 is 47.2 Å². The molecule has 0 unspecified atom stereocenters. The van der Waals surface area contributed by atoms with Crippen molar-refractivity contribution in [1.29, 1.82) is 0 Å². The van der Waals surface area contributed by atoms with Crippen LogP contribution in [0.25, 0.3) is 6.08 Å². The number of aliphatic carboxylic acids is 1. The average molecular weight is 376 g/mol. The Hall–Kier alpha value is -1.08. The lowest BCUT2D eigenvalue weighted by Crippen LogP contribution is -2.29. The predicted octanol–water partition coefficient (Wildman–Crippen LogP) is 4.06. The van der Waals surface area contributed by atoms with Gasteiger partial charge < -0.3 is 5.11 Å². The summed E-state index contributed by atoms with van der Waals surface area (Å²) in [5.74, 6) is -1.11. The topological polar surface area (TPSA) is 57.6 Å². The molecule has 0 atom stereocenters. The second-order valence-corrected chi connectivity index (χ2v) is 6.99. The van der Waals surface area contributed by atoms with Gasteiger partial charge in [0.05, 0.1) is 15.0 Å². The molecule has 2 rings (SSSR count). The third-order valence-corrected chi connectivity index (χ3v) is 5.00. The molecule has 116 valence electrons. The van der Waals surface area contributed by atoms with Crippen LogP contribution in [-0.4, -0.2) is 32.7 Å². The van der Waals surface area contributed by atoms with Gasteiger partial charge in [0, 0.05) is 13.0 Å². The Bertz CT molecular complexity index is 676. The molecule has 1 aliphatic heterocycles. The van der Waals surface area contributed by atoms with Crippen LogP contribution in [0, 0.1) is 0 Å². The van der Waals surface area contributed by atoms with E-state index < -0.39 is 5.97 Å². The van der Waals surface area contributed by atoms with E-state index in [1.807, 2.05) is 0 Å². The zero-order valence-electron chi connectivity index (χ0n) is 11.2. The van der Waals surface area contributed by atoms with Crippen LogP contribution in [0.2, 0.25) is 10.0 Å². The maximum Gasteiger partial charge on any atom is 0.303 e. The number of rotatable bonds is 5. The van der Waals surface area contributed by atoms with Crippen molar-refractivity contribution in [2.45, 2.75) is 12.8 Å². The Morgan fingerprint density at radius 1 is 1.36 bits per heavy atom.